The molecule has 5 nitrogen and oxygen atoms in total. The van der Waals surface area contributed by atoms with Gasteiger partial charge in [0.15, 0.2) is 5.58 Å². The van der Waals surface area contributed by atoms with Crippen molar-refractivity contribution in [1.29, 1.82) is 0 Å². The Bertz CT molecular complexity index is 720. The first-order chi connectivity index (χ1) is 10.7. The molecule has 1 unspecified atom stereocenters. The Labute approximate surface area is 130 Å². The molecule has 0 radical (unpaired) electrons. The molecule has 1 aromatic carbocycles. The van der Waals surface area contributed by atoms with Crippen molar-refractivity contribution in [1.82, 2.24) is 14.4 Å². The number of piperazine rings is 1. The molecule has 2 aliphatic heterocycles. The minimum absolute atomic E-state index is 0.221. The molecule has 22 heavy (non-hydrogen) atoms. The van der Waals surface area contributed by atoms with Gasteiger partial charge in [-0.1, -0.05) is 12.1 Å². The molecule has 0 spiro atoms. The van der Waals surface area contributed by atoms with E-state index in [0.29, 0.717) is 17.5 Å². The van der Waals surface area contributed by atoms with E-state index in [-0.39, 0.29) is 5.76 Å². The van der Waals surface area contributed by atoms with Gasteiger partial charge in [-0.2, -0.15) is 0 Å². The number of hydrogen-bond donors (Lipinski definition) is 0. The van der Waals surface area contributed by atoms with Gasteiger partial charge >= 0.3 is 5.76 Å². The third-order valence-electron chi connectivity index (χ3n) is 5.22. The van der Waals surface area contributed by atoms with E-state index >= 15 is 0 Å². The summed E-state index contributed by atoms with van der Waals surface area (Å²) in [5.41, 5.74) is 1.62. The maximum atomic E-state index is 12.1. The number of piperidine rings is 1. The van der Waals surface area contributed by atoms with E-state index in [2.05, 4.69) is 16.8 Å². The Hall–Kier alpha value is -1.59. The molecule has 0 bridgehead atoms. The van der Waals surface area contributed by atoms with Crippen molar-refractivity contribution in [2.75, 3.05) is 33.2 Å². The molecule has 0 saturated carbocycles. The minimum Gasteiger partial charge on any atom is -0.408 e. The summed E-state index contributed by atoms with van der Waals surface area (Å²) in [7, 11) is 2.21. The topological polar surface area (TPSA) is 41.6 Å². The van der Waals surface area contributed by atoms with Crippen LogP contribution in [0.3, 0.4) is 0 Å². The van der Waals surface area contributed by atoms with Crippen LogP contribution in [0.2, 0.25) is 0 Å². The van der Waals surface area contributed by atoms with Crippen LogP contribution in [0.25, 0.3) is 11.1 Å². The van der Waals surface area contributed by atoms with Crippen LogP contribution in [-0.4, -0.2) is 53.6 Å². The number of aromatic nitrogens is 1. The molecule has 2 fully saturated rings. The van der Waals surface area contributed by atoms with Crippen molar-refractivity contribution in [3.63, 3.8) is 0 Å². The maximum absolute atomic E-state index is 12.1. The van der Waals surface area contributed by atoms with E-state index < -0.39 is 0 Å². The fourth-order valence-corrected chi connectivity index (χ4v) is 4.01. The summed E-state index contributed by atoms with van der Waals surface area (Å²) in [5, 5.41) is 0. The van der Waals surface area contributed by atoms with Gasteiger partial charge in [0.2, 0.25) is 0 Å². The Kier molecular flexibility index (Phi) is 3.54. The van der Waals surface area contributed by atoms with E-state index in [1.165, 1.54) is 19.4 Å². The molecule has 4 rings (SSSR count). The lowest BCUT2D eigenvalue weighted by molar-refractivity contribution is 0.0344. The zero-order valence-corrected chi connectivity index (χ0v) is 13.1. The third-order valence-corrected chi connectivity index (χ3v) is 5.22. The van der Waals surface area contributed by atoms with Crippen molar-refractivity contribution in [2.24, 2.45) is 5.92 Å². The van der Waals surface area contributed by atoms with E-state index in [9.17, 15) is 4.79 Å². The first-order valence-corrected chi connectivity index (χ1v) is 8.21. The Morgan fingerprint density at radius 2 is 2.05 bits per heavy atom. The van der Waals surface area contributed by atoms with Crippen LogP contribution in [0, 0.1) is 5.92 Å². The van der Waals surface area contributed by atoms with Crippen LogP contribution < -0.4 is 5.76 Å². The molecule has 2 aliphatic rings. The lowest BCUT2D eigenvalue weighted by atomic mass is 9.91. The zero-order valence-electron chi connectivity index (χ0n) is 13.1. The van der Waals surface area contributed by atoms with Crippen molar-refractivity contribution in [3.8, 4) is 0 Å². The molecule has 0 N–H and O–H groups in total. The molecule has 5 heteroatoms. The lowest BCUT2D eigenvalue weighted by Crippen LogP contribution is -2.55. The number of nitrogens with zero attached hydrogens (tertiary/aromatic N) is 3. The number of benzene rings is 1. The van der Waals surface area contributed by atoms with Crippen LogP contribution in [0.5, 0.6) is 0 Å². The van der Waals surface area contributed by atoms with Crippen molar-refractivity contribution in [2.45, 2.75) is 25.4 Å². The van der Waals surface area contributed by atoms with E-state index in [1.807, 2.05) is 28.8 Å². The SMILES string of the molecule is CN1CCN2C[C@H](Cn3c(=O)oc4ccccc43)CCC2C1. The summed E-state index contributed by atoms with van der Waals surface area (Å²) in [6.45, 7) is 5.36. The summed E-state index contributed by atoms with van der Waals surface area (Å²) in [5.74, 6) is 0.320. The summed E-state index contributed by atoms with van der Waals surface area (Å²) in [4.78, 5) is 17.2. The zero-order chi connectivity index (χ0) is 15.1. The molecule has 0 aliphatic carbocycles. The van der Waals surface area contributed by atoms with E-state index in [0.717, 1.165) is 31.7 Å². The predicted octanol–water partition coefficient (Wildman–Crippen LogP) is 1.62. The molecule has 2 atom stereocenters. The molecule has 0 amide bonds. The van der Waals surface area contributed by atoms with Gasteiger partial charge in [-0.15, -0.1) is 0 Å². The van der Waals surface area contributed by atoms with Gasteiger partial charge in [0.25, 0.3) is 0 Å². The molecule has 118 valence electrons. The van der Waals surface area contributed by atoms with Crippen LogP contribution in [0.15, 0.2) is 33.5 Å². The van der Waals surface area contributed by atoms with Gasteiger partial charge in [0, 0.05) is 38.8 Å². The van der Waals surface area contributed by atoms with E-state index in [4.69, 9.17) is 4.42 Å². The average Bonchev–Trinajstić information content (AvgIpc) is 2.83. The summed E-state index contributed by atoms with van der Waals surface area (Å²) in [6, 6.07) is 8.41. The van der Waals surface area contributed by atoms with Gasteiger partial charge < -0.3 is 9.32 Å². The molecule has 2 aromatic rings. The number of likely N-dealkylation sites (N-methyl/N-ethyl adjacent to an activating group) is 1. The van der Waals surface area contributed by atoms with Gasteiger partial charge in [-0.25, -0.2) is 4.79 Å². The fraction of sp³-hybridized carbons (Fsp3) is 0.588. The number of fused-ring (bicyclic) bond motifs is 2. The Morgan fingerprint density at radius 3 is 2.95 bits per heavy atom. The van der Waals surface area contributed by atoms with Gasteiger partial charge in [-0.3, -0.25) is 9.47 Å². The Balaban J connectivity index is 1.52. The van der Waals surface area contributed by atoms with Crippen LogP contribution >= 0.6 is 0 Å². The van der Waals surface area contributed by atoms with Crippen molar-refractivity contribution >= 4 is 11.1 Å². The number of para-hydroxylation sites is 2. The minimum atomic E-state index is -0.221. The standard InChI is InChI=1S/C17H23N3O2/c1-18-8-9-19-10-13(6-7-14(19)12-18)11-20-15-4-2-3-5-16(15)22-17(20)21/h2-5,13-14H,6-12H2,1H3/t13-,14?/m1/s1. The Morgan fingerprint density at radius 1 is 1.18 bits per heavy atom. The largest absolute Gasteiger partial charge is 0.419 e. The summed E-state index contributed by atoms with van der Waals surface area (Å²) >= 11 is 0. The fourth-order valence-electron chi connectivity index (χ4n) is 4.01. The van der Waals surface area contributed by atoms with Gasteiger partial charge in [0.05, 0.1) is 5.52 Å². The second-order valence-corrected chi connectivity index (χ2v) is 6.80. The molecular weight excluding hydrogens is 278 g/mol. The highest BCUT2D eigenvalue weighted by molar-refractivity contribution is 5.72. The number of rotatable bonds is 2. The quantitative estimate of drug-likeness (QED) is 0.845. The normalized spacial score (nSPS) is 27.1. The number of oxazole rings is 1. The highest BCUT2D eigenvalue weighted by Gasteiger charge is 2.32. The molecule has 3 heterocycles. The first-order valence-electron chi connectivity index (χ1n) is 8.21. The predicted molar refractivity (Wildman–Crippen MR) is 86.1 cm³/mol. The smallest absolute Gasteiger partial charge is 0.408 e. The third kappa shape index (κ3) is 2.48. The number of hydrogen-bond acceptors (Lipinski definition) is 4. The van der Waals surface area contributed by atoms with Gasteiger partial charge in [-0.05, 0) is 37.9 Å². The van der Waals surface area contributed by atoms with Crippen LogP contribution in [0.1, 0.15) is 12.8 Å². The van der Waals surface area contributed by atoms with Crippen LogP contribution in [-0.2, 0) is 6.54 Å². The lowest BCUT2D eigenvalue weighted by Gasteiger charge is -2.45. The summed E-state index contributed by atoms with van der Waals surface area (Å²) < 4.78 is 7.16. The maximum Gasteiger partial charge on any atom is 0.419 e. The van der Waals surface area contributed by atoms with Crippen molar-refractivity contribution in [3.05, 3.63) is 34.8 Å². The van der Waals surface area contributed by atoms with Gasteiger partial charge in [0.1, 0.15) is 0 Å². The molecular formula is C17H23N3O2. The van der Waals surface area contributed by atoms with E-state index in [1.54, 1.807) is 0 Å². The molecule has 2 saturated heterocycles. The second kappa shape index (κ2) is 5.56. The van der Waals surface area contributed by atoms with Crippen LogP contribution in [0.4, 0.5) is 0 Å². The second-order valence-electron chi connectivity index (χ2n) is 6.80. The molecule has 1 aromatic heterocycles. The highest BCUT2D eigenvalue weighted by atomic mass is 16.4. The average molecular weight is 301 g/mol. The first kappa shape index (κ1) is 14.0. The monoisotopic (exact) mass is 301 g/mol. The van der Waals surface area contributed by atoms with Crippen molar-refractivity contribution < 1.29 is 4.42 Å². The summed E-state index contributed by atoms with van der Waals surface area (Å²) in [6.07, 6.45) is 2.43. The highest BCUT2D eigenvalue weighted by Crippen LogP contribution is 2.26.